The lowest BCUT2D eigenvalue weighted by atomic mass is 10.1. The summed E-state index contributed by atoms with van der Waals surface area (Å²) in [6.45, 7) is 7.85. The summed E-state index contributed by atoms with van der Waals surface area (Å²) in [7, 11) is 0. The van der Waals surface area contributed by atoms with Crippen molar-refractivity contribution in [3.63, 3.8) is 0 Å². The predicted molar refractivity (Wildman–Crippen MR) is 53.7 cm³/mol. The molecule has 2 heteroatoms. The van der Waals surface area contributed by atoms with Crippen molar-refractivity contribution in [2.45, 2.75) is 39.2 Å². The molecule has 2 nitrogen and oxygen atoms in total. The molecule has 2 fully saturated rings. The molecule has 0 bridgehead atoms. The number of ether oxygens (including phenoxy) is 1. The van der Waals surface area contributed by atoms with E-state index in [4.69, 9.17) is 4.74 Å². The number of hydrogen-bond donors (Lipinski definition) is 1. The van der Waals surface area contributed by atoms with Crippen LogP contribution in [0, 0.1) is 11.3 Å². The van der Waals surface area contributed by atoms with Crippen molar-refractivity contribution in [2.75, 3.05) is 19.8 Å². The van der Waals surface area contributed by atoms with Gasteiger partial charge in [0, 0.05) is 19.3 Å². The van der Waals surface area contributed by atoms with E-state index in [1.54, 1.807) is 0 Å². The third-order valence-corrected chi connectivity index (χ3v) is 3.59. The molecule has 0 aromatic carbocycles. The maximum Gasteiger partial charge on any atom is 0.0480 e. The lowest BCUT2D eigenvalue weighted by Gasteiger charge is -2.23. The van der Waals surface area contributed by atoms with E-state index in [2.05, 4.69) is 19.2 Å². The lowest BCUT2D eigenvalue weighted by molar-refractivity contribution is 0.0775. The predicted octanol–water partition coefficient (Wildman–Crippen LogP) is 1.80. The second-order valence-corrected chi connectivity index (χ2v) is 5.18. The SMILES string of the molecule is CC1(C)CC1CNC1CCOCC1. The Labute approximate surface area is 81.0 Å². The normalized spacial score (nSPS) is 33.2. The first-order valence-electron chi connectivity index (χ1n) is 5.49. The average molecular weight is 183 g/mol. The van der Waals surface area contributed by atoms with Crippen molar-refractivity contribution >= 4 is 0 Å². The summed E-state index contributed by atoms with van der Waals surface area (Å²) in [6, 6.07) is 0.727. The summed E-state index contributed by atoms with van der Waals surface area (Å²) >= 11 is 0. The van der Waals surface area contributed by atoms with Gasteiger partial charge in [-0.2, -0.15) is 0 Å². The van der Waals surface area contributed by atoms with Crippen molar-refractivity contribution in [1.29, 1.82) is 0 Å². The van der Waals surface area contributed by atoms with Gasteiger partial charge in [0.1, 0.15) is 0 Å². The summed E-state index contributed by atoms with van der Waals surface area (Å²) in [4.78, 5) is 0. The molecule has 2 aliphatic rings. The molecule has 76 valence electrons. The molecule has 1 heterocycles. The highest BCUT2D eigenvalue weighted by atomic mass is 16.5. The maximum atomic E-state index is 5.32. The quantitative estimate of drug-likeness (QED) is 0.720. The van der Waals surface area contributed by atoms with Crippen LogP contribution in [-0.4, -0.2) is 25.8 Å². The van der Waals surface area contributed by atoms with Gasteiger partial charge in [0.15, 0.2) is 0 Å². The van der Waals surface area contributed by atoms with Crippen LogP contribution in [0.25, 0.3) is 0 Å². The third-order valence-electron chi connectivity index (χ3n) is 3.59. The van der Waals surface area contributed by atoms with Crippen molar-refractivity contribution in [1.82, 2.24) is 5.32 Å². The van der Waals surface area contributed by atoms with Crippen molar-refractivity contribution in [3.8, 4) is 0 Å². The van der Waals surface area contributed by atoms with Crippen molar-refractivity contribution < 1.29 is 4.74 Å². The van der Waals surface area contributed by atoms with E-state index in [1.807, 2.05) is 0 Å². The molecule has 1 aliphatic heterocycles. The Kier molecular flexibility index (Phi) is 2.61. The molecule has 1 atom stereocenters. The first-order chi connectivity index (χ1) is 6.18. The maximum absolute atomic E-state index is 5.32. The second kappa shape index (κ2) is 3.58. The lowest BCUT2D eigenvalue weighted by Crippen LogP contribution is -2.36. The number of nitrogens with one attached hydrogen (secondary N) is 1. The second-order valence-electron chi connectivity index (χ2n) is 5.18. The number of rotatable bonds is 3. The molecule has 0 aromatic rings. The minimum absolute atomic E-state index is 0.623. The van der Waals surface area contributed by atoms with E-state index < -0.39 is 0 Å². The minimum atomic E-state index is 0.623. The van der Waals surface area contributed by atoms with Crippen LogP contribution in [0.4, 0.5) is 0 Å². The molecule has 0 spiro atoms. The van der Waals surface area contributed by atoms with Gasteiger partial charge in [-0.05, 0) is 37.1 Å². The van der Waals surface area contributed by atoms with E-state index in [9.17, 15) is 0 Å². The molecule has 1 saturated carbocycles. The monoisotopic (exact) mass is 183 g/mol. The van der Waals surface area contributed by atoms with Gasteiger partial charge < -0.3 is 10.1 Å². The molecule has 1 aliphatic carbocycles. The van der Waals surface area contributed by atoms with Crippen molar-refractivity contribution in [2.24, 2.45) is 11.3 Å². The zero-order chi connectivity index (χ0) is 9.31. The first-order valence-corrected chi connectivity index (χ1v) is 5.49. The fraction of sp³-hybridized carbons (Fsp3) is 1.00. The molecule has 1 unspecified atom stereocenters. The van der Waals surface area contributed by atoms with Crippen LogP contribution in [0.5, 0.6) is 0 Å². The Morgan fingerprint density at radius 2 is 1.92 bits per heavy atom. The fourth-order valence-corrected chi connectivity index (χ4v) is 2.14. The van der Waals surface area contributed by atoms with E-state index in [0.29, 0.717) is 5.41 Å². The van der Waals surface area contributed by atoms with Crippen LogP contribution in [-0.2, 0) is 4.74 Å². The Bertz CT molecular complexity index is 173. The molecular weight excluding hydrogens is 162 g/mol. The molecule has 1 N–H and O–H groups in total. The fourth-order valence-electron chi connectivity index (χ4n) is 2.14. The van der Waals surface area contributed by atoms with Gasteiger partial charge in [-0.25, -0.2) is 0 Å². The first kappa shape index (κ1) is 9.47. The topological polar surface area (TPSA) is 21.3 Å². The summed E-state index contributed by atoms with van der Waals surface area (Å²) in [6.07, 6.45) is 3.81. The largest absolute Gasteiger partial charge is 0.381 e. The number of hydrogen-bond acceptors (Lipinski definition) is 2. The Balaban J connectivity index is 1.62. The third kappa shape index (κ3) is 2.44. The Morgan fingerprint density at radius 3 is 2.46 bits per heavy atom. The van der Waals surface area contributed by atoms with Gasteiger partial charge in [0.05, 0.1) is 0 Å². The average Bonchev–Trinajstić information content (AvgIpc) is 2.73. The summed E-state index contributed by atoms with van der Waals surface area (Å²) in [5.41, 5.74) is 0.623. The van der Waals surface area contributed by atoms with Crippen LogP contribution in [0.3, 0.4) is 0 Å². The van der Waals surface area contributed by atoms with Crippen LogP contribution in [0.15, 0.2) is 0 Å². The van der Waals surface area contributed by atoms with Gasteiger partial charge in [-0.3, -0.25) is 0 Å². The molecule has 0 aromatic heterocycles. The van der Waals surface area contributed by atoms with Crippen LogP contribution < -0.4 is 5.32 Å². The van der Waals surface area contributed by atoms with Gasteiger partial charge in [-0.15, -0.1) is 0 Å². The highest BCUT2D eigenvalue weighted by Gasteiger charge is 2.45. The van der Waals surface area contributed by atoms with E-state index in [-0.39, 0.29) is 0 Å². The van der Waals surface area contributed by atoms with Gasteiger partial charge >= 0.3 is 0 Å². The molecule has 0 radical (unpaired) electrons. The molecule has 0 amide bonds. The Morgan fingerprint density at radius 1 is 1.31 bits per heavy atom. The van der Waals surface area contributed by atoms with E-state index in [1.165, 1.54) is 25.8 Å². The highest BCUT2D eigenvalue weighted by molar-refractivity contribution is 4.96. The van der Waals surface area contributed by atoms with Crippen LogP contribution in [0.2, 0.25) is 0 Å². The zero-order valence-electron chi connectivity index (χ0n) is 8.81. The zero-order valence-corrected chi connectivity index (χ0v) is 8.81. The summed E-state index contributed by atoms with van der Waals surface area (Å²) in [5.74, 6) is 0.926. The molecule has 1 saturated heterocycles. The van der Waals surface area contributed by atoms with Gasteiger partial charge in [0.25, 0.3) is 0 Å². The molecular formula is C11H21NO. The van der Waals surface area contributed by atoms with Crippen LogP contribution >= 0.6 is 0 Å². The van der Waals surface area contributed by atoms with E-state index in [0.717, 1.165) is 25.2 Å². The summed E-state index contributed by atoms with van der Waals surface area (Å²) < 4.78 is 5.32. The Hall–Kier alpha value is -0.0800. The van der Waals surface area contributed by atoms with Crippen LogP contribution in [0.1, 0.15) is 33.1 Å². The van der Waals surface area contributed by atoms with Gasteiger partial charge in [-0.1, -0.05) is 13.8 Å². The minimum Gasteiger partial charge on any atom is -0.381 e. The van der Waals surface area contributed by atoms with Crippen molar-refractivity contribution in [3.05, 3.63) is 0 Å². The summed E-state index contributed by atoms with van der Waals surface area (Å²) in [5, 5.41) is 3.66. The smallest absolute Gasteiger partial charge is 0.0480 e. The standard InChI is InChI=1S/C11H21NO/c1-11(2)7-9(11)8-12-10-3-5-13-6-4-10/h9-10,12H,3-8H2,1-2H3. The molecule has 2 rings (SSSR count). The molecule has 13 heavy (non-hydrogen) atoms. The highest BCUT2D eigenvalue weighted by Crippen LogP contribution is 2.51. The van der Waals surface area contributed by atoms with E-state index >= 15 is 0 Å². The van der Waals surface area contributed by atoms with Gasteiger partial charge in [0.2, 0.25) is 0 Å².